The van der Waals surface area contributed by atoms with Crippen LogP contribution < -0.4 is 10.1 Å². The van der Waals surface area contributed by atoms with Gasteiger partial charge in [0.2, 0.25) is 11.8 Å². The zero-order valence-corrected chi connectivity index (χ0v) is 15.0. The summed E-state index contributed by atoms with van der Waals surface area (Å²) in [7, 11) is 1.75. The first-order chi connectivity index (χ1) is 12.6. The molecule has 136 valence electrons. The number of likely N-dealkylation sites (tertiary alicyclic amines) is 1. The minimum Gasteiger partial charge on any atom is -0.457 e. The molecular weight excluding hydrogens is 328 g/mol. The largest absolute Gasteiger partial charge is 0.457 e. The number of ether oxygens (including phenoxy) is 1. The monoisotopic (exact) mass is 352 g/mol. The van der Waals surface area contributed by atoms with Crippen LogP contribution in [0.2, 0.25) is 0 Å². The lowest BCUT2D eigenvalue weighted by molar-refractivity contribution is -0.136. The molecule has 2 amide bonds. The summed E-state index contributed by atoms with van der Waals surface area (Å²) >= 11 is 0. The summed E-state index contributed by atoms with van der Waals surface area (Å²) in [6.45, 7) is 1.08. The summed E-state index contributed by atoms with van der Waals surface area (Å²) in [5.74, 6) is 1.62. The minimum atomic E-state index is -0.106. The fourth-order valence-corrected chi connectivity index (χ4v) is 3.09. The SMILES string of the molecule is CN1C[C@@H](C(=O)NCCc2cccc(Oc3ccccc3)c2)CCC1=O. The Hall–Kier alpha value is -2.82. The lowest BCUT2D eigenvalue weighted by Crippen LogP contribution is -2.44. The molecule has 1 fully saturated rings. The molecule has 26 heavy (non-hydrogen) atoms. The standard InChI is InChI=1S/C21H24N2O3/c1-23-15-17(10-11-20(23)24)21(25)22-13-12-16-6-5-9-19(14-16)26-18-7-3-2-4-8-18/h2-9,14,17H,10-13,15H2,1H3,(H,22,25)/t17-/m0/s1. The molecule has 0 saturated carbocycles. The van der Waals surface area contributed by atoms with Crippen LogP contribution in [-0.2, 0) is 16.0 Å². The maximum Gasteiger partial charge on any atom is 0.224 e. The van der Waals surface area contributed by atoms with E-state index in [9.17, 15) is 9.59 Å². The van der Waals surface area contributed by atoms with Gasteiger partial charge in [-0.15, -0.1) is 0 Å². The van der Waals surface area contributed by atoms with E-state index in [1.165, 1.54) is 0 Å². The molecule has 1 heterocycles. The van der Waals surface area contributed by atoms with Crippen molar-refractivity contribution in [2.24, 2.45) is 5.92 Å². The molecule has 1 saturated heterocycles. The van der Waals surface area contributed by atoms with Gasteiger partial charge in [0.15, 0.2) is 0 Å². The number of amides is 2. The second kappa shape index (κ2) is 8.52. The highest BCUT2D eigenvalue weighted by atomic mass is 16.5. The van der Waals surface area contributed by atoms with Crippen molar-refractivity contribution in [2.45, 2.75) is 19.3 Å². The molecule has 5 heteroatoms. The summed E-state index contributed by atoms with van der Waals surface area (Å²) in [6.07, 6.45) is 1.82. The third-order valence-corrected chi connectivity index (χ3v) is 4.59. The van der Waals surface area contributed by atoms with Gasteiger partial charge >= 0.3 is 0 Å². The van der Waals surface area contributed by atoms with Crippen LogP contribution in [0.1, 0.15) is 18.4 Å². The Morgan fingerprint density at radius 3 is 2.69 bits per heavy atom. The number of hydrogen-bond acceptors (Lipinski definition) is 3. The summed E-state index contributed by atoms with van der Waals surface area (Å²) in [6, 6.07) is 17.5. The minimum absolute atomic E-state index is 0.0287. The highest BCUT2D eigenvalue weighted by molar-refractivity contribution is 5.83. The third-order valence-electron chi connectivity index (χ3n) is 4.59. The Labute approximate surface area is 154 Å². The lowest BCUT2D eigenvalue weighted by atomic mass is 9.97. The van der Waals surface area contributed by atoms with Gasteiger partial charge < -0.3 is 15.0 Å². The van der Waals surface area contributed by atoms with Gasteiger partial charge in [-0.25, -0.2) is 0 Å². The molecule has 2 aromatic rings. The Kier molecular flexibility index (Phi) is 5.89. The first kappa shape index (κ1) is 18.0. The molecule has 1 atom stereocenters. The average molecular weight is 352 g/mol. The Balaban J connectivity index is 1.48. The highest BCUT2D eigenvalue weighted by Crippen LogP contribution is 2.22. The second-order valence-electron chi connectivity index (χ2n) is 6.61. The van der Waals surface area contributed by atoms with Gasteiger partial charge in [0.25, 0.3) is 0 Å². The van der Waals surface area contributed by atoms with E-state index in [0.29, 0.717) is 25.9 Å². The number of rotatable bonds is 6. The van der Waals surface area contributed by atoms with Crippen molar-refractivity contribution in [3.8, 4) is 11.5 Å². The summed E-state index contributed by atoms with van der Waals surface area (Å²) in [5.41, 5.74) is 1.11. The number of carbonyl (C=O) groups excluding carboxylic acids is 2. The molecule has 1 aliphatic rings. The van der Waals surface area contributed by atoms with Crippen LogP contribution in [-0.4, -0.2) is 36.9 Å². The van der Waals surface area contributed by atoms with Gasteiger partial charge in [-0.1, -0.05) is 30.3 Å². The van der Waals surface area contributed by atoms with Gasteiger partial charge in [-0.3, -0.25) is 9.59 Å². The van der Waals surface area contributed by atoms with E-state index in [1.807, 2.05) is 54.6 Å². The zero-order chi connectivity index (χ0) is 18.4. The number of nitrogens with one attached hydrogen (secondary N) is 1. The van der Waals surface area contributed by atoms with Gasteiger partial charge in [0.05, 0.1) is 5.92 Å². The number of nitrogens with zero attached hydrogens (tertiary/aromatic N) is 1. The van der Waals surface area contributed by atoms with Crippen LogP contribution in [0.4, 0.5) is 0 Å². The Morgan fingerprint density at radius 2 is 1.92 bits per heavy atom. The van der Waals surface area contributed by atoms with Gasteiger partial charge in [-0.05, 0) is 42.7 Å². The molecule has 2 aromatic carbocycles. The van der Waals surface area contributed by atoms with Crippen LogP contribution in [0.25, 0.3) is 0 Å². The van der Waals surface area contributed by atoms with Crippen molar-refractivity contribution in [2.75, 3.05) is 20.1 Å². The van der Waals surface area contributed by atoms with Crippen molar-refractivity contribution in [1.29, 1.82) is 0 Å². The average Bonchev–Trinajstić information content (AvgIpc) is 2.65. The van der Waals surface area contributed by atoms with Gasteiger partial charge in [-0.2, -0.15) is 0 Å². The fourth-order valence-electron chi connectivity index (χ4n) is 3.09. The van der Waals surface area contributed by atoms with Crippen LogP contribution in [0, 0.1) is 5.92 Å². The van der Waals surface area contributed by atoms with E-state index in [2.05, 4.69) is 5.32 Å². The van der Waals surface area contributed by atoms with E-state index in [0.717, 1.165) is 23.5 Å². The van der Waals surface area contributed by atoms with E-state index < -0.39 is 0 Å². The first-order valence-electron chi connectivity index (χ1n) is 8.95. The topological polar surface area (TPSA) is 58.6 Å². The van der Waals surface area contributed by atoms with E-state index in [4.69, 9.17) is 4.74 Å². The van der Waals surface area contributed by atoms with E-state index in [1.54, 1.807) is 11.9 Å². The molecule has 0 spiro atoms. The highest BCUT2D eigenvalue weighted by Gasteiger charge is 2.27. The molecule has 3 rings (SSSR count). The van der Waals surface area contributed by atoms with E-state index >= 15 is 0 Å². The molecule has 0 aliphatic carbocycles. The van der Waals surface area contributed by atoms with Crippen molar-refractivity contribution in [1.82, 2.24) is 10.2 Å². The maximum absolute atomic E-state index is 12.3. The van der Waals surface area contributed by atoms with Crippen LogP contribution >= 0.6 is 0 Å². The normalized spacial score (nSPS) is 17.0. The lowest BCUT2D eigenvalue weighted by Gasteiger charge is -2.28. The molecule has 0 unspecified atom stereocenters. The molecule has 5 nitrogen and oxygen atoms in total. The Bertz CT molecular complexity index is 761. The summed E-state index contributed by atoms with van der Waals surface area (Å²) < 4.78 is 5.84. The molecule has 0 aromatic heterocycles. The summed E-state index contributed by atoms with van der Waals surface area (Å²) in [5, 5.41) is 2.99. The number of piperidine rings is 1. The molecule has 1 aliphatic heterocycles. The van der Waals surface area contributed by atoms with Crippen molar-refractivity contribution in [3.63, 3.8) is 0 Å². The fraction of sp³-hybridized carbons (Fsp3) is 0.333. The zero-order valence-electron chi connectivity index (χ0n) is 15.0. The maximum atomic E-state index is 12.3. The molecule has 1 N–H and O–H groups in total. The predicted octanol–water partition coefficient (Wildman–Crippen LogP) is 3.01. The van der Waals surface area contributed by atoms with Crippen LogP contribution in [0.5, 0.6) is 11.5 Å². The Morgan fingerprint density at radius 1 is 1.15 bits per heavy atom. The van der Waals surface area contributed by atoms with Crippen molar-refractivity contribution < 1.29 is 14.3 Å². The quantitative estimate of drug-likeness (QED) is 0.869. The summed E-state index contributed by atoms with van der Waals surface area (Å²) in [4.78, 5) is 25.4. The number of hydrogen-bond donors (Lipinski definition) is 1. The number of benzene rings is 2. The number of carbonyl (C=O) groups is 2. The molecule has 0 bridgehead atoms. The second-order valence-corrected chi connectivity index (χ2v) is 6.61. The third kappa shape index (κ3) is 4.85. The molecule has 0 radical (unpaired) electrons. The van der Waals surface area contributed by atoms with Gasteiger partial charge in [0.1, 0.15) is 11.5 Å². The van der Waals surface area contributed by atoms with Gasteiger partial charge in [0, 0.05) is 26.6 Å². The number of para-hydroxylation sites is 1. The van der Waals surface area contributed by atoms with Crippen LogP contribution in [0.15, 0.2) is 54.6 Å². The van der Waals surface area contributed by atoms with Crippen molar-refractivity contribution in [3.05, 3.63) is 60.2 Å². The smallest absolute Gasteiger partial charge is 0.224 e. The molecular formula is C21H24N2O3. The van der Waals surface area contributed by atoms with Crippen LogP contribution in [0.3, 0.4) is 0 Å². The first-order valence-corrected chi connectivity index (χ1v) is 8.95. The predicted molar refractivity (Wildman–Crippen MR) is 100 cm³/mol. The van der Waals surface area contributed by atoms with E-state index in [-0.39, 0.29) is 17.7 Å². The van der Waals surface area contributed by atoms with Crippen molar-refractivity contribution >= 4 is 11.8 Å².